The van der Waals surface area contributed by atoms with Crippen LogP contribution in [0.25, 0.3) is 0 Å². The van der Waals surface area contributed by atoms with E-state index >= 15 is 0 Å². The zero-order chi connectivity index (χ0) is 19.3. The molecule has 2 N–H and O–H groups in total. The number of amides is 1. The second kappa shape index (κ2) is 7.87. The molecule has 28 heavy (non-hydrogen) atoms. The number of hydrogen-bond donors (Lipinski definition) is 2. The summed E-state index contributed by atoms with van der Waals surface area (Å²) in [7, 11) is 1.62. The fourth-order valence-corrected chi connectivity index (χ4v) is 2.80. The van der Waals surface area contributed by atoms with Crippen LogP contribution in [0.15, 0.2) is 60.9 Å². The van der Waals surface area contributed by atoms with Crippen LogP contribution in [0.1, 0.15) is 15.9 Å². The number of hydrogen-bond acceptors (Lipinski definition) is 6. The Morgan fingerprint density at radius 1 is 1.04 bits per heavy atom. The largest absolute Gasteiger partial charge is 0.497 e. The van der Waals surface area contributed by atoms with E-state index in [2.05, 4.69) is 15.6 Å². The van der Waals surface area contributed by atoms with Gasteiger partial charge in [-0.1, -0.05) is 12.1 Å². The second-order valence-electron chi connectivity index (χ2n) is 6.19. The average Bonchev–Trinajstić information content (AvgIpc) is 3.20. The van der Waals surface area contributed by atoms with Crippen molar-refractivity contribution in [1.82, 2.24) is 10.3 Å². The van der Waals surface area contributed by atoms with Gasteiger partial charge in [0.2, 0.25) is 6.79 Å². The molecule has 0 saturated carbocycles. The molecule has 0 unspecified atom stereocenters. The van der Waals surface area contributed by atoms with Crippen LogP contribution in [-0.2, 0) is 6.54 Å². The summed E-state index contributed by atoms with van der Waals surface area (Å²) in [5.74, 6) is 1.99. The molecule has 142 valence electrons. The Kier molecular flexibility index (Phi) is 4.97. The second-order valence-corrected chi connectivity index (χ2v) is 6.19. The Morgan fingerprint density at radius 3 is 2.68 bits per heavy atom. The SMILES string of the molecule is COc1ccc(CNC(=O)c2cncc(Nc3ccc4c(c3)OCO4)c2)cc1. The molecule has 0 bridgehead atoms. The molecule has 1 aromatic heterocycles. The normalized spacial score (nSPS) is 11.8. The van der Waals surface area contributed by atoms with Crippen molar-refractivity contribution in [1.29, 1.82) is 0 Å². The molecule has 0 saturated heterocycles. The van der Waals surface area contributed by atoms with Crippen LogP contribution in [0.2, 0.25) is 0 Å². The molecule has 0 atom stereocenters. The molecule has 0 radical (unpaired) electrons. The van der Waals surface area contributed by atoms with E-state index in [1.807, 2.05) is 42.5 Å². The number of nitrogens with one attached hydrogen (secondary N) is 2. The zero-order valence-corrected chi connectivity index (χ0v) is 15.3. The summed E-state index contributed by atoms with van der Waals surface area (Å²) in [4.78, 5) is 16.6. The molecule has 1 aliphatic rings. The number of nitrogens with zero attached hydrogens (tertiary/aromatic N) is 1. The van der Waals surface area contributed by atoms with E-state index in [1.165, 1.54) is 6.20 Å². The average molecular weight is 377 g/mol. The van der Waals surface area contributed by atoms with Crippen molar-refractivity contribution in [3.8, 4) is 17.2 Å². The molecule has 0 fully saturated rings. The highest BCUT2D eigenvalue weighted by atomic mass is 16.7. The molecule has 7 nitrogen and oxygen atoms in total. The number of carbonyl (C=O) groups excluding carboxylic acids is 1. The monoisotopic (exact) mass is 377 g/mol. The Labute approximate surface area is 162 Å². The van der Waals surface area contributed by atoms with E-state index in [-0.39, 0.29) is 12.7 Å². The van der Waals surface area contributed by atoms with Gasteiger partial charge in [0.25, 0.3) is 5.91 Å². The molecular formula is C21H19N3O4. The predicted molar refractivity (Wildman–Crippen MR) is 104 cm³/mol. The maximum absolute atomic E-state index is 12.5. The van der Waals surface area contributed by atoms with Gasteiger partial charge < -0.3 is 24.8 Å². The summed E-state index contributed by atoms with van der Waals surface area (Å²) >= 11 is 0. The number of methoxy groups -OCH3 is 1. The van der Waals surface area contributed by atoms with Crippen LogP contribution >= 0.6 is 0 Å². The third-order valence-corrected chi connectivity index (χ3v) is 4.27. The van der Waals surface area contributed by atoms with E-state index < -0.39 is 0 Å². The maximum Gasteiger partial charge on any atom is 0.253 e. The number of benzene rings is 2. The van der Waals surface area contributed by atoms with Gasteiger partial charge in [0.1, 0.15) is 5.75 Å². The van der Waals surface area contributed by atoms with E-state index in [0.29, 0.717) is 23.5 Å². The summed E-state index contributed by atoms with van der Waals surface area (Å²) in [5, 5.41) is 6.12. The van der Waals surface area contributed by atoms with Gasteiger partial charge in [-0.3, -0.25) is 9.78 Å². The summed E-state index contributed by atoms with van der Waals surface area (Å²) in [6.45, 7) is 0.646. The molecule has 1 amide bonds. The quantitative estimate of drug-likeness (QED) is 0.684. The van der Waals surface area contributed by atoms with Crippen LogP contribution in [0.4, 0.5) is 11.4 Å². The third kappa shape index (κ3) is 3.98. The Hall–Kier alpha value is -3.74. The summed E-state index contributed by atoms with van der Waals surface area (Å²) in [6.07, 6.45) is 3.19. The van der Waals surface area contributed by atoms with Crippen LogP contribution in [-0.4, -0.2) is 24.8 Å². The van der Waals surface area contributed by atoms with Crippen LogP contribution in [0.5, 0.6) is 17.2 Å². The highest BCUT2D eigenvalue weighted by molar-refractivity contribution is 5.94. The zero-order valence-electron chi connectivity index (χ0n) is 15.3. The Bertz CT molecular complexity index is 989. The molecule has 4 rings (SSSR count). The highest BCUT2D eigenvalue weighted by Gasteiger charge is 2.13. The molecule has 0 spiro atoms. The number of aromatic nitrogens is 1. The van der Waals surface area contributed by atoms with Crippen molar-refractivity contribution in [3.63, 3.8) is 0 Å². The molecule has 3 aromatic rings. The summed E-state index contributed by atoms with van der Waals surface area (Å²) in [6, 6.07) is 14.9. The topological polar surface area (TPSA) is 81.7 Å². The number of rotatable bonds is 6. The molecule has 1 aliphatic heterocycles. The molecular weight excluding hydrogens is 358 g/mol. The van der Waals surface area contributed by atoms with Gasteiger partial charge in [0.15, 0.2) is 11.5 Å². The minimum Gasteiger partial charge on any atom is -0.497 e. The first-order valence-corrected chi connectivity index (χ1v) is 8.74. The van der Waals surface area contributed by atoms with Gasteiger partial charge in [-0.25, -0.2) is 0 Å². The van der Waals surface area contributed by atoms with E-state index in [4.69, 9.17) is 14.2 Å². The van der Waals surface area contributed by atoms with Gasteiger partial charge in [-0.05, 0) is 35.9 Å². The molecule has 7 heteroatoms. The van der Waals surface area contributed by atoms with E-state index in [1.54, 1.807) is 19.4 Å². The van der Waals surface area contributed by atoms with Gasteiger partial charge in [-0.2, -0.15) is 0 Å². The summed E-state index contributed by atoms with van der Waals surface area (Å²) < 4.78 is 15.8. The smallest absolute Gasteiger partial charge is 0.253 e. The minimum absolute atomic E-state index is 0.197. The van der Waals surface area contributed by atoms with Crippen molar-refractivity contribution in [2.75, 3.05) is 19.2 Å². The lowest BCUT2D eigenvalue weighted by Gasteiger charge is -2.09. The van der Waals surface area contributed by atoms with Gasteiger partial charge in [-0.15, -0.1) is 0 Å². The maximum atomic E-state index is 12.5. The minimum atomic E-state index is -0.197. The first kappa shape index (κ1) is 17.7. The molecule has 2 heterocycles. The first-order valence-electron chi connectivity index (χ1n) is 8.74. The number of pyridine rings is 1. The van der Waals surface area contributed by atoms with Gasteiger partial charge in [0, 0.05) is 24.5 Å². The lowest BCUT2D eigenvalue weighted by atomic mass is 10.2. The fraction of sp³-hybridized carbons (Fsp3) is 0.143. The lowest BCUT2D eigenvalue weighted by molar-refractivity contribution is 0.0950. The molecule has 2 aromatic carbocycles. The lowest BCUT2D eigenvalue weighted by Crippen LogP contribution is -2.23. The van der Waals surface area contributed by atoms with Crippen LogP contribution in [0, 0.1) is 0 Å². The highest BCUT2D eigenvalue weighted by Crippen LogP contribution is 2.35. The van der Waals surface area contributed by atoms with Crippen LogP contribution < -0.4 is 24.8 Å². The fourth-order valence-electron chi connectivity index (χ4n) is 2.80. The van der Waals surface area contributed by atoms with Crippen molar-refractivity contribution in [2.45, 2.75) is 6.54 Å². The Balaban J connectivity index is 1.40. The number of fused-ring (bicyclic) bond motifs is 1. The molecule has 0 aliphatic carbocycles. The van der Waals surface area contributed by atoms with Crippen molar-refractivity contribution >= 4 is 17.3 Å². The third-order valence-electron chi connectivity index (χ3n) is 4.27. The van der Waals surface area contributed by atoms with Crippen LogP contribution in [0.3, 0.4) is 0 Å². The number of anilines is 2. The van der Waals surface area contributed by atoms with E-state index in [0.717, 1.165) is 22.7 Å². The first-order chi connectivity index (χ1) is 13.7. The summed E-state index contributed by atoms with van der Waals surface area (Å²) in [5.41, 5.74) is 2.98. The van der Waals surface area contributed by atoms with Gasteiger partial charge >= 0.3 is 0 Å². The van der Waals surface area contributed by atoms with Crippen molar-refractivity contribution < 1.29 is 19.0 Å². The van der Waals surface area contributed by atoms with Crippen molar-refractivity contribution in [3.05, 3.63) is 72.1 Å². The number of ether oxygens (including phenoxy) is 3. The Morgan fingerprint density at radius 2 is 1.86 bits per heavy atom. The van der Waals surface area contributed by atoms with E-state index in [9.17, 15) is 4.79 Å². The van der Waals surface area contributed by atoms with Gasteiger partial charge in [0.05, 0.1) is 24.6 Å². The number of carbonyl (C=O) groups is 1. The predicted octanol–water partition coefficient (Wildman–Crippen LogP) is 3.49. The standard InChI is InChI=1S/C21H19N3O4/c1-26-18-5-2-14(3-6-18)10-23-21(25)15-8-17(12-22-11-15)24-16-4-7-19-20(9-16)28-13-27-19/h2-9,11-12,24H,10,13H2,1H3,(H,23,25). The van der Waals surface area contributed by atoms with Crippen molar-refractivity contribution in [2.24, 2.45) is 0 Å².